The minimum Gasteiger partial charge on any atom is -0.389 e. The Morgan fingerprint density at radius 3 is 2.56 bits per heavy atom. The molecule has 0 radical (unpaired) electrons. The zero-order chi connectivity index (χ0) is 12.6. The molecular formula is C13H20O3. The van der Waals surface area contributed by atoms with E-state index < -0.39 is 17.1 Å². The molecule has 0 bridgehead atoms. The molecule has 0 aromatic heterocycles. The van der Waals surface area contributed by atoms with Gasteiger partial charge in [0.1, 0.15) is 5.60 Å². The van der Waals surface area contributed by atoms with Crippen LogP contribution in [-0.2, 0) is 4.79 Å². The molecule has 0 aliphatic heterocycles. The SMILES string of the molecule is CC(=O)/C=C/[C@]1(O)C(C)=C[C@@H](O)CC1(C)C. The summed E-state index contributed by atoms with van der Waals surface area (Å²) in [6.07, 6.45) is 4.52. The predicted octanol–water partition coefficient (Wildman–Crippen LogP) is 1.60. The quantitative estimate of drug-likeness (QED) is 0.553. The van der Waals surface area contributed by atoms with E-state index in [9.17, 15) is 15.0 Å². The van der Waals surface area contributed by atoms with Gasteiger partial charge in [-0.2, -0.15) is 0 Å². The summed E-state index contributed by atoms with van der Waals surface area (Å²) in [7, 11) is 0. The summed E-state index contributed by atoms with van der Waals surface area (Å²) < 4.78 is 0. The Morgan fingerprint density at radius 2 is 2.12 bits per heavy atom. The lowest BCUT2D eigenvalue weighted by molar-refractivity contribution is -0.112. The Labute approximate surface area is 96.5 Å². The largest absolute Gasteiger partial charge is 0.389 e. The third kappa shape index (κ3) is 2.25. The molecule has 0 heterocycles. The molecule has 0 aromatic carbocycles. The molecule has 1 aliphatic rings. The van der Waals surface area contributed by atoms with Gasteiger partial charge in [0.15, 0.2) is 5.78 Å². The zero-order valence-corrected chi connectivity index (χ0v) is 10.3. The highest BCUT2D eigenvalue weighted by Gasteiger charge is 2.46. The van der Waals surface area contributed by atoms with Crippen LogP contribution in [0.25, 0.3) is 0 Å². The maximum Gasteiger partial charge on any atom is 0.152 e. The molecule has 0 spiro atoms. The number of aliphatic hydroxyl groups is 2. The number of hydrogen-bond donors (Lipinski definition) is 2. The molecule has 1 aliphatic carbocycles. The second kappa shape index (κ2) is 4.15. The summed E-state index contributed by atoms with van der Waals surface area (Å²) in [5, 5.41) is 20.3. The number of rotatable bonds is 2. The fourth-order valence-corrected chi connectivity index (χ4v) is 2.28. The van der Waals surface area contributed by atoms with Crippen molar-refractivity contribution in [3.8, 4) is 0 Å². The second-order valence-corrected chi connectivity index (χ2v) is 5.22. The van der Waals surface area contributed by atoms with E-state index in [1.807, 2.05) is 13.8 Å². The minimum atomic E-state index is -1.15. The Morgan fingerprint density at radius 1 is 1.56 bits per heavy atom. The molecule has 2 N–H and O–H groups in total. The smallest absolute Gasteiger partial charge is 0.152 e. The van der Waals surface area contributed by atoms with Crippen molar-refractivity contribution < 1.29 is 15.0 Å². The third-order valence-electron chi connectivity index (χ3n) is 3.35. The van der Waals surface area contributed by atoms with Crippen LogP contribution >= 0.6 is 0 Å². The number of aliphatic hydroxyl groups excluding tert-OH is 1. The van der Waals surface area contributed by atoms with E-state index in [0.29, 0.717) is 12.0 Å². The number of carbonyl (C=O) groups excluding carboxylic acids is 1. The molecule has 0 unspecified atom stereocenters. The Bertz CT molecular complexity index is 352. The van der Waals surface area contributed by atoms with Crippen molar-refractivity contribution in [2.24, 2.45) is 5.41 Å². The highest BCUT2D eigenvalue weighted by molar-refractivity contribution is 5.87. The molecule has 0 aromatic rings. The van der Waals surface area contributed by atoms with Gasteiger partial charge in [0.2, 0.25) is 0 Å². The molecule has 90 valence electrons. The van der Waals surface area contributed by atoms with E-state index in [0.717, 1.165) is 0 Å². The van der Waals surface area contributed by atoms with Crippen LogP contribution in [0.4, 0.5) is 0 Å². The fourth-order valence-electron chi connectivity index (χ4n) is 2.28. The summed E-state index contributed by atoms with van der Waals surface area (Å²) >= 11 is 0. The van der Waals surface area contributed by atoms with Crippen molar-refractivity contribution in [1.82, 2.24) is 0 Å². The average molecular weight is 224 g/mol. The average Bonchev–Trinajstić information content (AvgIpc) is 2.10. The van der Waals surface area contributed by atoms with Crippen molar-refractivity contribution in [2.45, 2.75) is 45.8 Å². The summed E-state index contributed by atoms with van der Waals surface area (Å²) in [5.41, 5.74) is -0.955. The molecular weight excluding hydrogens is 204 g/mol. The summed E-state index contributed by atoms with van der Waals surface area (Å²) in [6.45, 7) is 6.99. The third-order valence-corrected chi connectivity index (χ3v) is 3.35. The van der Waals surface area contributed by atoms with E-state index in [1.165, 1.54) is 19.1 Å². The van der Waals surface area contributed by atoms with E-state index in [2.05, 4.69) is 0 Å². The highest BCUT2D eigenvalue weighted by Crippen LogP contribution is 2.45. The normalized spacial score (nSPS) is 33.9. The van der Waals surface area contributed by atoms with Crippen LogP contribution in [0.3, 0.4) is 0 Å². The first-order chi connectivity index (χ1) is 7.19. The van der Waals surface area contributed by atoms with Gasteiger partial charge in [0.05, 0.1) is 6.10 Å². The lowest BCUT2D eigenvalue weighted by Crippen LogP contribution is -2.48. The molecule has 0 saturated heterocycles. The topological polar surface area (TPSA) is 57.5 Å². The van der Waals surface area contributed by atoms with Gasteiger partial charge in [-0.05, 0) is 38.0 Å². The molecule has 1 rings (SSSR count). The lowest BCUT2D eigenvalue weighted by atomic mass is 9.64. The first-order valence-electron chi connectivity index (χ1n) is 5.48. The molecule has 0 amide bonds. The standard InChI is InChI=1S/C13H20O3/c1-9-7-11(15)8-12(3,4)13(9,16)6-5-10(2)14/h5-7,11,15-16H,8H2,1-4H3/b6-5+/t11-,13+/m1/s1. The van der Waals surface area contributed by atoms with E-state index in [1.54, 1.807) is 13.0 Å². The number of allylic oxidation sites excluding steroid dienone is 1. The highest BCUT2D eigenvalue weighted by atomic mass is 16.3. The van der Waals surface area contributed by atoms with Crippen molar-refractivity contribution in [1.29, 1.82) is 0 Å². The van der Waals surface area contributed by atoms with Gasteiger partial charge in [-0.1, -0.05) is 19.9 Å². The Kier molecular flexibility index (Phi) is 3.41. The van der Waals surface area contributed by atoms with Crippen LogP contribution in [-0.4, -0.2) is 27.7 Å². The molecule has 16 heavy (non-hydrogen) atoms. The summed E-state index contributed by atoms with van der Waals surface area (Å²) in [5.74, 6) is -0.0943. The van der Waals surface area contributed by atoms with Crippen LogP contribution in [0.5, 0.6) is 0 Å². The maximum atomic E-state index is 10.9. The van der Waals surface area contributed by atoms with E-state index in [-0.39, 0.29) is 5.78 Å². The van der Waals surface area contributed by atoms with Crippen LogP contribution in [0.1, 0.15) is 34.1 Å². The molecule has 3 heteroatoms. The molecule has 0 saturated carbocycles. The van der Waals surface area contributed by atoms with Crippen LogP contribution in [0, 0.1) is 5.41 Å². The van der Waals surface area contributed by atoms with Gasteiger partial charge < -0.3 is 10.2 Å². The number of hydrogen-bond acceptors (Lipinski definition) is 3. The van der Waals surface area contributed by atoms with Crippen molar-refractivity contribution in [2.75, 3.05) is 0 Å². The van der Waals surface area contributed by atoms with Gasteiger partial charge in [0, 0.05) is 5.41 Å². The molecule has 2 atom stereocenters. The van der Waals surface area contributed by atoms with Crippen LogP contribution in [0.2, 0.25) is 0 Å². The number of carbonyl (C=O) groups is 1. The molecule has 0 fully saturated rings. The van der Waals surface area contributed by atoms with Crippen LogP contribution < -0.4 is 0 Å². The first kappa shape index (κ1) is 13.1. The second-order valence-electron chi connectivity index (χ2n) is 5.22. The van der Waals surface area contributed by atoms with Crippen molar-refractivity contribution >= 4 is 5.78 Å². The number of ketones is 1. The van der Waals surface area contributed by atoms with E-state index >= 15 is 0 Å². The van der Waals surface area contributed by atoms with Crippen molar-refractivity contribution in [3.63, 3.8) is 0 Å². The Hall–Kier alpha value is -0.930. The van der Waals surface area contributed by atoms with Gasteiger partial charge in [-0.25, -0.2) is 0 Å². The van der Waals surface area contributed by atoms with Gasteiger partial charge in [0.25, 0.3) is 0 Å². The van der Waals surface area contributed by atoms with E-state index in [4.69, 9.17) is 0 Å². The lowest BCUT2D eigenvalue weighted by Gasteiger charge is -2.46. The first-order valence-corrected chi connectivity index (χ1v) is 5.48. The predicted molar refractivity (Wildman–Crippen MR) is 62.9 cm³/mol. The van der Waals surface area contributed by atoms with Gasteiger partial charge in [-0.15, -0.1) is 0 Å². The summed E-state index contributed by atoms with van der Waals surface area (Å²) in [4.78, 5) is 10.9. The molecule has 3 nitrogen and oxygen atoms in total. The van der Waals surface area contributed by atoms with Crippen molar-refractivity contribution in [3.05, 3.63) is 23.8 Å². The summed E-state index contributed by atoms with van der Waals surface area (Å²) in [6, 6.07) is 0. The fraction of sp³-hybridized carbons (Fsp3) is 0.615. The van der Waals surface area contributed by atoms with Gasteiger partial charge in [-0.3, -0.25) is 4.79 Å². The Balaban J connectivity index is 3.16. The zero-order valence-electron chi connectivity index (χ0n) is 10.3. The maximum absolute atomic E-state index is 10.9. The van der Waals surface area contributed by atoms with Gasteiger partial charge >= 0.3 is 0 Å². The minimum absolute atomic E-state index is 0.0943. The van der Waals surface area contributed by atoms with Crippen LogP contribution in [0.15, 0.2) is 23.8 Å². The monoisotopic (exact) mass is 224 g/mol.